The first-order valence-electron chi connectivity index (χ1n) is 9.85. The van der Waals surface area contributed by atoms with Crippen molar-refractivity contribution in [2.75, 3.05) is 0 Å². The quantitative estimate of drug-likeness (QED) is 0.266. The molecule has 0 saturated heterocycles. The highest BCUT2D eigenvalue weighted by Gasteiger charge is 2.18. The van der Waals surface area contributed by atoms with Gasteiger partial charge in [0.15, 0.2) is 5.75 Å². The highest BCUT2D eigenvalue weighted by Crippen LogP contribution is 2.22. The largest absolute Gasteiger partial charge is 0.378 e. The monoisotopic (exact) mass is 444 g/mol. The SMILES string of the molecule is Cc1ccc(S(=O)(=O)Oc2ccccc2/C=N\NC(=O)c2cccc3ccccc23)cc1. The molecule has 0 fully saturated rings. The van der Waals surface area contributed by atoms with Crippen LogP contribution in [0.15, 0.2) is 101 Å². The average Bonchev–Trinajstić information content (AvgIpc) is 2.80. The number of carbonyl (C=O) groups excluding carboxylic acids is 1. The van der Waals surface area contributed by atoms with E-state index in [1.807, 2.05) is 37.3 Å². The van der Waals surface area contributed by atoms with Crippen molar-refractivity contribution in [2.24, 2.45) is 5.10 Å². The Balaban J connectivity index is 1.53. The van der Waals surface area contributed by atoms with E-state index in [9.17, 15) is 13.2 Å². The van der Waals surface area contributed by atoms with Gasteiger partial charge in [-0.2, -0.15) is 13.5 Å². The lowest BCUT2D eigenvalue weighted by Crippen LogP contribution is -2.18. The molecule has 32 heavy (non-hydrogen) atoms. The molecular weight excluding hydrogens is 424 g/mol. The van der Waals surface area contributed by atoms with Gasteiger partial charge < -0.3 is 4.18 Å². The van der Waals surface area contributed by atoms with E-state index in [-0.39, 0.29) is 16.6 Å². The third kappa shape index (κ3) is 4.68. The van der Waals surface area contributed by atoms with Gasteiger partial charge in [0.2, 0.25) is 0 Å². The van der Waals surface area contributed by atoms with Crippen LogP contribution < -0.4 is 9.61 Å². The lowest BCUT2D eigenvalue weighted by atomic mass is 10.0. The van der Waals surface area contributed by atoms with Crippen LogP contribution in [0, 0.1) is 6.92 Å². The number of nitrogens with zero attached hydrogens (tertiary/aromatic N) is 1. The molecule has 160 valence electrons. The summed E-state index contributed by atoms with van der Waals surface area (Å²) >= 11 is 0. The van der Waals surface area contributed by atoms with Gasteiger partial charge >= 0.3 is 10.1 Å². The maximum Gasteiger partial charge on any atom is 0.339 e. The molecule has 0 unspecified atom stereocenters. The number of hydrogen-bond donors (Lipinski definition) is 1. The summed E-state index contributed by atoms with van der Waals surface area (Å²) in [6, 6.07) is 26.0. The lowest BCUT2D eigenvalue weighted by Gasteiger charge is -2.09. The molecule has 6 nitrogen and oxygen atoms in total. The molecule has 0 aliphatic rings. The van der Waals surface area contributed by atoms with Gasteiger partial charge in [-0.25, -0.2) is 5.43 Å². The van der Waals surface area contributed by atoms with Gasteiger partial charge in [0.25, 0.3) is 5.91 Å². The number of amides is 1. The second-order valence-corrected chi connectivity index (χ2v) is 8.66. The number of para-hydroxylation sites is 1. The van der Waals surface area contributed by atoms with Crippen molar-refractivity contribution in [3.05, 3.63) is 108 Å². The Bertz CT molecular complexity index is 1410. The van der Waals surface area contributed by atoms with Gasteiger partial charge in [0, 0.05) is 11.1 Å². The molecule has 0 aliphatic heterocycles. The zero-order valence-corrected chi connectivity index (χ0v) is 18.0. The maximum absolute atomic E-state index is 12.6. The standard InChI is InChI=1S/C25H20N2O4S/c1-18-13-15-21(16-14-18)32(29,30)31-24-12-5-3-8-20(24)17-26-27-25(28)23-11-6-9-19-7-2-4-10-22(19)23/h2-17H,1H3,(H,27,28)/b26-17-. The van der Waals surface area contributed by atoms with Crippen LogP contribution in [0.3, 0.4) is 0 Å². The molecule has 0 bridgehead atoms. The van der Waals surface area contributed by atoms with Crippen molar-refractivity contribution in [1.29, 1.82) is 0 Å². The Hall–Kier alpha value is -3.97. The van der Waals surface area contributed by atoms with Crippen LogP contribution in [0.5, 0.6) is 5.75 Å². The van der Waals surface area contributed by atoms with Crippen LogP contribution in [-0.2, 0) is 10.1 Å². The van der Waals surface area contributed by atoms with Gasteiger partial charge in [-0.3, -0.25) is 4.79 Å². The maximum atomic E-state index is 12.6. The zero-order valence-electron chi connectivity index (χ0n) is 17.2. The van der Waals surface area contributed by atoms with Crippen molar-refractivity contribution in [1.82, 2.24) is 5.43 Å². The van der Waals surface area contributed by atoms with Gasteiger partial charge in [0.05, 0.1) is 6.21 Å². The predicted octanol–water partition coefficient (Wildman–Crippen LogP) is 4.68. The molecule has 0 saturated carbocycles. The Labute approximate surface area is 186 Å². The van der Waals surface area contributed by atoms with E-state index in [1.54, 1.807) is 42.5 Å². The molecular formula is C25H20N2O4S. The predicted molar refractivity (Wildman–Crippen MR) is 124 cm³/mol. The highest BCUT2D eigenvalue weighted by atomic mass is 32.2. The second-order valence-electron chi connectivity index (χ2n) is 7.11. The van der Waals surface area contributed by atoms with Crippen LogP contribution in [0.25, 0.3) is 10.8 Å². The average molecular weight is 445 g/mol. The van der Waals surface area contributed by atoms with Crippen LogP contribution in [-0.4, -0.2) is 20.5 Å². The molecule has 4 aromatic carbocycles. The summed E-state index contributed by atoms with van der Waals surface area (Å²) < 4.78 is 30.6. The molecule has 0 aromatic heterocycles. The third-order valence-corrected chi connectivity index (χ3v) is 6.08. The summed E-state index contributed by atoms with van der Waals surface area (Å²) in [6.45, 7) is 1.87. The smallest absolute Gasteiger partial charge is 0.339 e. The summed E-state index contributed by atoms with van der Waals surface area (Å²) in [5.74, 6) is -0.264. The van der Waals surface area contributed by atoms with Crippen LogP contribution in [0.1, 0.15) is 21.5 Å². The highest BCUT2D eigenvalue weighted by molar-refractivity contribution is 7.87. The van der Waals surface area contributed by atoms with Crippen molar-refractivity contribution in [3.63, 3.8) is 0 Å². The number of fused-ring (bicyclic) bond motifs is 1. The van der Waals surface area contributed by atoms with Gasteiger partial charge in [-0.05, 0) is 48.0 Å². The Kier molecular flexibility index (Phi) is 6.00. The van der Waals surface area contributed by atoms with Crippen molar-refractivity contribution < 1.29 is 17.4 Å². The fourth-order valence-corrected chi connectivity index (χ4v) is 4.13. The van der Waals surface area contributed by atoms with Crippen molar-refractivity contribution in [3.8, 4) is 5.75 Å². The molecule has 4 aromatic rings. The lowest BCUT2D eigenvalue weighted by molar-refractivity contribution is 0.0956. The van der Waals surface area contributed by atoms with E-state index in [2.05, 4.69) is 10.5 Å². The third-order valence-electron chi connectivity index (χ3n) is 4.83. The van der Waals surface area contributed by atoms with E-state index in [0.717, 1.165) is 16.3 Å². The van der Waals surface area contributed by atoms with Crippen LogP contribution in [0.2, 0.25) is 0 Å². The number of nitrogens with one attached hydrogen (secondary N) is 1. The Morgan fingerprint density at radius 1 is 0.875 bits per heavy atom. The molecule has 0 atom stereocenters. The Morgan fingerprint density at radius 2 is 1.56 bits per heavy atom. The van der Waals surface area contributed by atoms with E-state index in [0.29, 0.717) is 11.1 Å². The van der Waals surface area contributed by atoms with Gasteiger partial charge in [-0.15, -0.1) is 0 Å². The molecule has 1 amide bonds. The number of benzene rings is 4. The minimum absolute atomic E-state index is 0.0547. The summed E-state index contributed by atoms with van der Waals surface area (Å²) in [7, 11) is -4.01. The van der Waals surface area contributed by atoms with Crippen LogP contribution >= 0.6 is 0 Å². The van der Waals surface area contributed by atoms with Gasteiger partial charge in [0.1, 0.15) is 4.90 Å². The molecule has 0 aliphatic carbocycles. The van der Waals surface area contributed by atoms with E-state index in [1.165, 1.54) is 24.4 Å². The summed E-state index contributed by atoms with van der Waals surface area (Å²) in [4.78, 5) is 12.7. The Morgan fingerprint density at radius 3 is 2.38 bits per heavy atom. The van der Waals surface area contributed by atoms with E-state index >= 15 is 0 Å². The number of carbonyl (C=O) groups is 1. The first-order chi connectivity index (χ1) is 15.4. The first-order valence-corrected chi connectivity index (χ1v) is 11.3. The summed E-state index contributed by atoms with van der Waals surface area (Å²) in [5.41, 5.74) is 4.33. The fourth-order valence-electron chi connectivity index (χ4n) is 3.18. The topological polar surface area (TPSA) is 84.8 Å². The molecule has 4 rings (SSSR count). The number of aryl methyl sites for hydroxylation is 1. The number of rotatable bonds is 6. The summed E-state index contributed by atoms with van der Waals surface area (Å²) in [5, 5.41) is 5.76. The minimum Gasteiger partial charge on any atom is -0.378 e. The zero-order chi connectivity index (χ0) is 22.6. The van der Waals surface area contributed by atoms with Crippen LogP contribution in [0.4, 0.5) is 0 Å². The molecule has 7 heteroatoms. The van der Waals surface area contributed by atoms with E-state index < -0.39 is 10.1 Å². The van der Waals surface area contributed by atoms with Crippen molar-refractivity contribution in [2.45, 2.75) is 11.8 Å². The fraction of sp³-hybridized carbons (Fsp3) is 0.0400. The van der Waals surface area contributed by atoms with Gasteiger partial charge in [-0.1, -0.05) is 66.2 Å². The normalized spacial score (nSPS) is 11.5. The molecule has 0 spiro atoms. The number of hydrazone groups is 1. The second kappa shape index (κ2) is 9.03. The molecule has 0 radical (unpaired) electrons. The first kappa shape index (κ1) is 21.3. The van der Waals surface area contributed by atoms with E-state index in [4.69, 9.17) is 4.18 Å². The molecule has 0 heterocycles. The van der Waals surface area contributed by atoms with Crippen molar-refractivity contribution >= 4 is 33.0 Å². The summed E-state index contributed by atoms with van der Waals surface area (Å²) in [6.07, 6.45) is 1.35. The number of hydrogen-bond acceptors (Lipinski definition) is 5. The molecule has 1 N–H and O–H groups in total. The minimum atomic E-state index is -4.01.